The van der Waals surface area contributed by atoms with Crippen LogP contribution in [0.5, 0.6) is 5.75 Å². The predicted molar refractivity (Wildman–Crippen MR) is 86.7 cm³/mol. The summed E-state index contributed by atoms with van der Waals surface area (Å²) in [4.78, 5) is 6.72. The fraction of sp³-hybridized carbons (Fsp3) is 0.353. The molecule has 0 saturated heterocycles. The Balaban J connectivity index is 2.25. The summed E-state index contributed by atoms with van der Waals surface area (Å²) in [6.07, 6.45) is 1.87. The van der Waals surface area contributed by atoms with Gasteiger partial charge in [0.1, 0.15) is 5.75 Å². The molecule has 0 fully saturated rings. The molecule has 0 amide bonds. The summed E-state index contributed by atoms with van der Waals surface area (Å²) in [5.41, 5.74) is 11.2. The van der Waals surface area contributed by atoms with Gasteiger partial charge < -0.3 is 15.4 Å². The third-order valence-electron chi connectivity index (χ3n) is 3.72. The minimum atomic E-state index is 0.553. The van der Waals surface area contributed by atoms with Crippen molar-refractivity contribution >= 4 is 5.69 Å². The molecule has 0 aliphatic heterocycles. The van der Waals surface area contributed by atoms with Crippen LogP contribution >= 0.6 is 0 Å². The topological polar surface area (TPSA) is 51.4 Å². The summed E-state index contributed by atoms with van der Waals surface area (Å²) in [5.74, 6) is 0.920. The van der Waals surface area contributed by atoms with Crippen LogP contribution in [0.4, 0.5) is 5.69 Å². The van der Waals surface area contributed by atoms with Gasteiger partial charge in [0.15, 0.2) is 0 Å². The maximum atomic E-state index is 5.70. The van der Waals surface area contributed by atoms with Crippen molar-refractivity contribution in [3.8, 4) is 5.75 Å². The van der Waals surface area contributed by atoms with Crippen molar-refractivity contribution in [1.82, 2.24) is 4.98 Å². The SMILES string of the molecule is COc1c(C)cnc(CN(C)c2cccc(CN)c2)c1C. The Morgan fingerprint density at radius 2 is 2.05 bits per heavy atom. The lowest BCUT2D eigenvalue weighted by Gasteiger charge is -2.21. The minimum absolute atomic E-state index is 0.553. The first-order valence-electron chi connectivity index (χ1n) is 7.06. The van der Waals surface area contributed by atoms with E-state index < -0.39 is 0 Å². The van der Waals surface area contributed by atoms with Crippen LogP contribution in [-0.2, 0) is 13.1 Å². The van der Waals surface area contributed by atoms with Gasteiger partial charge in [0.2, 0.25) is 0 Å². The first-order valence-corrected chi connectivity index (χ1v) is 7.06. The number of methoxy groups -OCH3 is 1. The van der Waals surface area contributed by atoms with Gasteiger partial charge in [-0.15, -0.1) is 0 Å². The van der Waals surface area contributed by atoms with Gasteiger partial charge in [0.05, 0.1) is 19.3 Å². The van der Waals surface area contributed by atoms with Crippen LogP contribution in [-0.4, -0.2) is 19.1 Å². The van der Waals surface area contributed by atoms with Crippen molar-refractivity contribution in [2.24, 2.45) is 5.73 Å². The van der Waals surface area contributed by atoms with Crippen LogP contribution in [0.2, 0.25) is 0 Å². The summed E-state index contributed by atoms with van der Waals surface area (Å²) in [6, 6.07) is 8.26. The van der Waals surface area contributed by atoms with Crippen LogP contribution in [0, 0.1) is 13.8 Å². The molecule has 0 bridgehead atoms. The van der Waals surface area contributed by atoms with Crippen LogP contribution in [0.25, 0.3) is 0 Å². The molecule has 0 spiro atoms. The van der Waals surface area contributed by atoms with Gasteiger partial charge in [-0.1, -0.05) is 12.1 Å². The maximum Gasteiger partial charge on any atom is 0.128 e. The van der Waals surface area contributed by atoms with Crippen LogP contribution in [0.3, 0.4) is 0 Å². The number of nitrogens with two attached hydrogens (primary N) is 1. The molecule has 1 aromatic carbocycles. The molecule has 4 nitrogen and oxygen atoms in total. The Labute approximate surface area is 126 Å². The molecule has 0 radical (unpaired) electrons. The first-order chi connectivity index (χ1) is 10.1. The van der Waals surface area contributed by atoms with E-state index >= 15 is 0 Å². The second kappa shape index (κ2) is 6.59. The molecule has 0 unspecified atom stereocenters. The highest BCUT2D eigenvalue weighted by Crippen LogP contribution is 2.25. The van der Waals surface area contributed by atoms with Gasteiger partial charge in [-0.3, -0.25) is 4.98 Å². The van der Waals surface area contributed by atoms with E-state index in [0.717, 1.165) is 40.4 Å². The third-order valence-corrected chi connectivity index (χ3v) is 3.72. The Kier molecular flexibility index (Phi) is 4.81. The number of nitrogens with zero attached hydrogens (tertiary/aromatic N) is 2. The average molecular weight is 285 g/mol. The van der Waals surface area contributed by atoms with Crippen molar-refractivity contribution in [3.05, 3.63) is 52.8 Å². The quantitative estimate of drug-likeness (QED) is 0.918. The number of hydrogen-bond acceptors (Lipinski definition) is 4. The van der Waals surface area contributed by atoms with E-state index in [9.17, 15) is 0 Å². The predicted octanol–water partition coefficient (Wildman–Crippen LogP) is 2.80. The van der Waals surface area contributed by atoms with Crippen molar-refractivity contribution in [2.45, 2.75) is 26.9 Å². The molecule has 0 aliphatic carbocycles. The second-order valence-corrected chi connectivity index (χ2v) is 5.28. The summed E-state index contributed by atoms with van der Waals surface area (Å²) < 4.78 is 5.47. The fourth-order valence-electron chi connectivity index (χ4n) is 2.47. The lowest BCUT2D eigenvalue weighted by Crippen LogP contribution is -2.18. The van der Waals surface area contributed by atoms with Gasteiger partial charge in [-0.25, -0.2) is 0 Å². The van der Waals surface area contributed by atoms with Crippen molar-refractivity contribution in [3.63, 3.8) is 0 Å². The molecule has 2 rings (SSSR count). The average Bonchev–Trinajstić information content (AvgIpc) is 2.50. The molecule has 0 saturated carbocycles. The molecular weight excluding hydrogens is 262 g/mol. The highest BCUT2D eigenvalue weighted by molar-refractivity contribution is 5.49. The van der Waals surface area contributed by atoms with Crippen LogP contribution in [0.1, 0.15) is 22.4 Å². The number of pyridine rings is 1. The van der Waals surface area contributed by atoms with E-state index in [1.807, 2.05) is 25.3 Å². The van der Waals surface area contributed by atoms with Gasteiger partial charge in [-0.2, -0.15) is 0 Å². The summed E-state index contributed by atoms with van der Waals surface area (Å²) in [7, 11) is 3.76. The summed E-state index contributed by atoms with van der Waals surface area (Å²) in [5, 5.41) is 0. The van der Waals surface area contributed by atoms with Crippen molar-refractivity contribution < 1.29 is 4.74 Å². The maximum absolute atomic E-state index is 5.70. The number of anilines is 1. The molecule has 2 N–H and O–H groups in total. The third kappa shape index (κ3) is 3.34. The Morgan fingerprint density at radius 1 is 1.29 bits per heavy atom. The van der Waals surface area contributed by atoms with E-state index in [4.69, 9.17) is 10.5 Å². The Bertz CT molecular complexity index is 625. The van der Waals surface area contributed by atoms with Crippen molar-refractivity contribution in [1.29, 1.82) is 0 Å². The monoisotopic (exact) mass is 285 g/mol. The zero-order valence-corrected chi connectivity index (χ0v) is 13.2. The second-order valence-electron chi connectivity index (χ2n) is 5.28. The molecule has 112 valence electrons. The largest absolute Gasteiger partial charge is 0.496 e. The van der Waals surface area contributed by atoms with Crippen LogP contribution in [0.15, 0.2) is 30.5 Å². The highest BCUT2D eigenvalue weighted by atomic mass is 16.5. The number of benzene rings is 1. The van der Waals surface area contributed by atoms with E-state index in [1.54, 1.807) is 7.11 Å². The normalized spacial score (nSPS) is 10.5. The molecule has 2 aromatic rings. The molecular formula is C17H23N3O. The lowest BCUT2D eigenvalue weighted by molar-refractivity contribution is 0.407. The Hall–Kier alpha value is -2.07. The molecule has 0 aliphatic rings. The van der Waals surface area contributed by atoms with Gasteiger partial charge in [0, 0.05) is 36.6 Å². The van der Waals surface area contributed by atoms with Gasteiger partial charge in [0.25, 0.3) is 0 Å². The molecule has 21 heavy (non-hydrogen) atoms. The molecule has 4 heteroatoms. The van der Waals surface area contributed by atoms with Crippen LogP contribution < -0.4 is 15.4 Å². The number of hydrogen-bond donors (Lipinski definition) is 1. The smallest absolute Gasteiger partial charge is 0.128 e. The molecule has 1 heterocycles. The first kappa shape index (κ1) is 15.3. The van der Waals surface area contributed by atoms with E-state index in [1.165, 1.54) is 0 Å². The zero-order chi connectivity index (χ0) is 15.4. The lowest BCUT2D eigenvalue weighted by atomic mass is 10.1. The summed E-state index contributed by atoms with van der Waals surface area (Å²) in [6.45, 7) is 5.35. The van der Waals surface area contributed by atoms with E-state index in [2.05, 4.69) is 36.0 Å². The van der Waals surface area contributed by atoms with E-state index in [-0.39, 0.29) is 0 Å². The minimum Gasteiger partial charge on any atom is -0.496 e. The number of rotatable bonds is 5. The zero-order valence-electron chi connectivity index (χ0n) is 13.2. The summed E-state index contributed by atoms with van der Waals surface area (Å²) >= 11 is 0. The van der Waals surface area contributed by atoms with E-state index in [0.29, 0.717) is 6.54 Å². The molecule has 1 aromatic heterocycles. The van der Waals surface area contributed by atoms with Gasteiger partial charge in [-0.05, 0) is 31.5 Å². The highest BCUT2D eigenvalue weighted by Gasteiger charge is 2.11. The number of aromatic nitrogens is 1. The molecule has 0 atom stereocenters. The number of aryl methyl sites for hydroxylation is 1. The van der Waals surface area contributed by atoms with Gasteiger partial charge >= 0.3 is 0 Å². The fourth-order valence-corrected chi connectivity index (χ4v) is 2.47. The van der Waals surface area contributed by atoms with Crippen molar-refractivity contribution in [2.75, 3.05) is 19.1 Å². The number of ether oxygens (including phenoxy) is 1. The standard InChI is InChI=1S/C17H23N3O/c1-12-10-19-16(13(2)17(12)21-4)11-20(3)15-7-5-6-14(8-15)9-18/h5-8,10H,9,11,18H2,1-4H3. The Morgan fingerprint density at radius 3 is 2.71 bits per heavy atom.